The quantitative estimate of drug-likeness (QED) is 0.367. The number of carbonyl (C=O) groups excluding carboxylic acids is 1. The van der Waals surface area contributed by atoms with Gasteiger partial charge < -0.3 is 0 Å². The Labute approximate surface area is 118 Å². The number of allylic oxidation sites excluding steroid dienone is 1. The Morgan fingerprint density at radius 3 is 2.47 bits per heavy atom. The Hall–Kier alpha value is -1.98. The van der Waals surface area contributed by atoms with E-state index in [1.54, 1.807) is 30.3 Å². The maximum Gasteiger partial charge on any atom is 0.324 e. The van der Waals surface area contributed by atoms with Crippen LogP contribution in [0, 0.1) is 10.1 Å². The summed E-state index contributed by atoms with van der Waals surface area (Å²) in [6.45, 7) is 0. The van der Waals surface area contributed by atoms with E-state index in [0.29, 0.717) is 9.90 Å². The molecule has 0 saturated carbocycles. The monoisotopic (exact) mass is 293 g/mol. The van der Waals surface area contributed by atoms with E-state index in [1.807, 2.05) is 0 Å². The number of rotatable bonds is 4. The van der Waals surface area contributed by atoms with Gasteiger partial charge in [0.1, 0.15) is 0 Å². The van der Waals surface area contributed by atoms with Gasteiger partial charge in [-0.3, -0.25) is 14.9 Å². The van der Waals surface area contributed by atoms with Gasteiger partial charge in [-0.25, -0.2) is 0 Å². The summed E-state index contributed by atoms with van der Waals surface area (Å²) in [6.07, 6.45) is 3.03. The highest BCUT2D eigenvalue weighted by molar-refractivity contribution is 7.17. The van der Waals surface area contributed by atoms with Crippen molar-refractivity contribution in [3.63, 3.8) is 0 Å². The lowest BCUT2D eigenvalue weighted by atomic mass is 10.2. The van der Waals surface area contributed by atoms with Gasteiger partial charge in [0.25, 0.3) is 0 Å². The third-order valence-corrected chi connectivity index (χ3v) is 3.62. The van der Waals surface area contributed by atoms with E-state index in [2.05, 4.69) is 0 Å². The molecule has 0 N–H and O–H groups in total. The number of thiophene rings is 1. The summed E-state index contributed by atoms with van der Waals surface area (Å²) in [5, 5.41) is 11.1. The van der Waals surface area contributed by atoms with Crippen LogP contribution in [0.2, 0.25) is 5.02 Å². The lowest BCUT2D eigenvalue weighted by Gasteiger charge is -1.93. The van der Waals surface area contributed by atoms with Crippen LogP contribution in [0.25, 0.3) is 6.08 Å². The molecular formula is C13H8ClNO3S. The van der Waals surface area contributed by atoms with Crippen LogP contribution in [-0.4, -0.2) is 10.7 Å². The minimum absolute atomic E-state index is 0.0387. The molecule has 0 amide bonds. The van der Waals surface area contributed by atoms with Crippen molar-refractivity contribution in [2.75, 3.05) is 0 Å². The van der Waals surface area contributed by atoms with Crippen molar-refractivity contribution in [2.24, 2.45) is 0 Å². The van der Waals surface area contributed by atoms with Crippen LogP contribution in [0.4, 0.5) is 5.00 Å². The molecule has 1 aromatic carbocycles. The SMILES string of the molecule is O=C(C=Cc1ccc(Cl)cc1)c1ccc([N+](=O)[O-])s1. The molecule has 2 rings (SSSR count). The predicted octanol–water partition coefficient (Wildman–Crippen LogP) is 4.21. The number of halogens is 1. The van der Waals surface area contributed by atoms with Crippen molar-refractivity contribution in [1.29, 1.82) is 0 Å². The zero-order chi connectivity index (χ0) is 13.8. The first kappa shape index (κ1) is 13.5. The molecule has 0 saturated heterocycles. The average Bonchev–Trinajstić information content (AvgIpc) is 2.87. The van der Waals surface area contributed by atoms with E-state index < -0.39 is 4.92 Å². The summed E-state index contributed by atoms with van der Waals surface area (Å²) in [4.78, 5) is 22.2. The number of nitro groups is 1. The Morgan fingerprint density at radius 1 is 1.21 bits per heavy atom. The van der Waals surface area contributed by atoms with Crippen LogP contribution in [0.15, 0.2) is 42.5 Å². The van der Waals surface area contributed by atoms with Crippen LogP contribution in [-0.2, 0) is 0 Å². The zero-order valence-electron chi connectivity index (χ0n) is 9.58. The molecule has 0 bridgehead atoms. The fraction of sp³-hybridized carbons (Fsp3) is 0. The topological polar surface area (TPSA) is 60.2 Å². The molecule has 0 aliphatic heterocycles. The van der Waals surface area contributed by atoms with Gasteiger partial charge in [-0.2, -0.15) is 0 Å². The molecular weight excluding hydrogens is 286 g/mol. The number of hydrogen-bond donors (Lipinski definition) is 0. The molecule has 6 heteroatoms. The van der Waals surface area contributed by atoms with Crippen molar-refractivity contribution in [1.82, 2.24) is 0 Å². The molecule has 1 heterocycles. The number of carbonyl (C=O) groups is 1. The van der Waals surface area contributed by atoms with Crippen molar-refractivity contribution in [3.8, 4) is 0 Å². The summed E-state index contributed by atoms with van der Waals surface area (Å²) >= 11 is 6.62. The van der Waals surface area contributed by atoms with Crippen LogP contribution in [0.5, 0.6) is 0 Å². The highest BCUT2D eigenvalue weighted by atomic mass is 35.5. The molecule has 4 nitrogen and oxygen atoms in total. The van der Waals surface area contributed by atoms with Crippen LogP contribution >= 0.6 is 22.9 Å². The van der Waals surface area contributed by atoms with Gasteiger partial charge in [-0.15, -0.1) is 0 Å². The third-order valence-electron chi connectivity index (χ3n) is 2.31. The first-order valence-corrected chi connectivity index (χ1v) is 6.48. The van der Waals surface area contributed by atoms with Gasteiger partial charge in [0.15, 0.2) is 5.78 Å². The average molecular weight is 294 g/mol. The Morgan fingerprint density at radius 2 is 1.89 bits per heavy atom. The van der Waals surface area contributed by atoms with E-state index in [0.717, 1.165) is 16.9 Å². The predicted molar refractivity (Wildman–Crippen MR) is 75.8 cm³/mol. The lowest BCUT2D eigenvalue weighted by Crippen LogP contribution is -1.88. The second kappa shape index (κ2) is 5.77. The second-order valence-electron chi connectivity index (χ2n) is 3.64. The number of benzene rings is 1. The molecule has 0 aliphatic carbocycles. The highest BCUT2D eigenvalue weighted by Crippen LogP contribution is 2.24. The summed E-state index contributed by atoms with van der Waals surface area (Å²) in [5.41, 5.74) is 0.837. The van der Waals surface area contributed by atoms with Gasteiger partial charge in [0.05, 0.1) is 9.80 Å². The number of ketones is 1. The fourth-order valence-corrected chi connectivity index (χ4v) is 2.25. The van der Waals surface area contributed by atoms with E-state index in [9.17, 15) is 14.9 Å². The minimum atomic E-state index is -0.510. The molecule has 0 atom stereocenters. The first-order chi connectivity index (χ1) is 9.06. The molecule has 96 valence electrons. The maximum atomic E-state index is 11.8. The smallest absolute Gasteiger partial charge is 0.288 e. The van der Waals surface area contributed by atoms with E-state index in [-0.39, 0.29) is 10.8 Å². The standard InChI is InChI=1S/C13H8ClNO3S/c14-10-4-1-9(2-5-10)3-6-11(16)12-7-8-13(19-12)15(17)18/h1-8H. The van der Waals surface area contributed by atoms with Crippen molar-refractivity contribution < 1.29 is 9.72 Å². The van der Waals surface area contributed by atoms with Crippen LogP contribution < -0.4 is 0 Å². The largest absolute Gasteiger partial charge is 0.324 e. The molecule has 0 fully saturated rings. The normalized spacial score (nSPS) is 10.8. The highest BCUT2D eigenvalue weighted by Gasteiger charge is 2.13. The van der Waals surface area contributed by atoms with Gasteiger partial charge in [0, 0.05) is 11.1 Å². The molecule has 0 spiro atoms. The first-order valence-electron chi connectivity index (χ1n) is 5.28. The van der Waals surface area contributed by atoms with E-state index in [1.165, 1.54) is 18.2 Å². The summed E-state index contributed by atoms with van der Waals surface area (Å²) in [7, 11) is 0. The molecule has 0 aliphatic rings. The van der Waals surface area contributed by atoms with E-state index in [4.69, 9.17) is 11.6 Å². The molecule has 0 radical (unpaired) electrons. The second-order valence-corrected chi connectivity index (χ2v) is 5.14. The van der Waals surface area contributed by atoms with E-state index >= 15 is 0 Å². The van der Waals surface area contributed by atoms with Crippen LogP contribution in [0.1, 0.15) is 15.2 Å². The molecule has 2 aromatic rings. The molecule has 1 aromatic heterocycles. The Bertz CT molecular complexity index is 646. The van der Waals surface area contributed by atoms with Gasteiger partial charge >= 0.3 is 5.00 Å². The fourth-order valence-electron chi connectivity index (χ4n) is 1.39. The number of hydrogen-bond acceptors (Lipinski definition) is 4. The van der Waals surface area contributed by atoms with Crippen molar-refractivity contribution in [3.05, 3.63) is 68.1 Å². The Kier molecular flexibility index (Phi) is 4.09. The Balaban J connectivity index is 2.11. The van der Waals surface area contributed by atoms with Gasteiger partial charge in [-0.1, -0.05) is 41.1 Å². The molecule has 19 heavy (non-hydrogen) atoms. The van der Waals surface area contributed by atoms with Gasteiger partial charge in [-0.05, 0) is 29.8 Å². The van der Waals surface area contributed by atoms with Crippen molar-refractivity contribution >= 4 is 39.8 Å². The summed E-state index contributed by atoms with van der Waals surface area (Å²) in [6, 6.07) is 9.79. The van der Waals surface area contributed by atoms with Crippen molar-refractivity contribution in [2.45, 2.75) is 0 Å². The minimum Gasteiger partial charge on any atom is -0.288 e. The number of nitrogens with zero attached hydrogens (tertiary/aromatic N) is 1. The third kappa shape index (κ3) is 3.49. The molecule has 0 unspecified atom stereocenters. The van der Waals surface area contributed by atoms with Crippen LogP contribution in [0.3, 0.4) is 0 Å². The maximum absolute atomic E-state index is 11.8. The summed E-state index contributed by atoms with van der Waals surface area (Å²) in [5.74, 6) is -0.256. The lowest BCUT2D eigenvalue weighted by molar-refractivity contribution is -0.380. The zero-order valence-corrected chi connectivity index (χ0v) is 11.1. The van der Waals surface area contributed by atoms with Gasteiger partial charge in [0.2, 0.25) is 0 Å². The summed E-state index contributed by atoms with van der Waals surface area (Å²) < 4.78 is 0.